The lowest BCUT2D eigenvalue weighted by atomic mass is 10.5. The molecule has 1 aromatic heterocycles. The number of nitrogens with zero attached hydrogens (tertiary/aromatic N) is 1. The van der Waals surface area contributed by atoms with E-state index in [4.69, 9.17) is 23.2 Å². The lowest BCUT2D eigenvalue weighted by molar-refractivity contribution is 1.29. The van der Waals surface area contributed by atoms with Crippen molar-refractivity contribution in [2.75, 3.05) is 17.7 Å². The van der Waals surface area contributed by atoms with Crippen LogP contribution >= 0.6 is 23.2 Å². The quantitative estimate of drug-likeness (QED) is 0.693. The van der Waals surface area contributed by atoms with Crippen LogP contribution in [0.3, 0.4) is 0 Å². The highest BCUT2D eigenvalue weighted by atomic mass is 35.5. The maximum atomic E-state index is 4.76. The Balaban J connectivity index is 0.000000292. The summed E-state index contributed by atoms with van der Waals surface area (Å²) in [6.07, 6.45) is 1.76. The summed E-state index contributed by atoms with van der Waals surface area (Å²) >= 11 is 9.53. The summed E-state index contributed by atoms with van der Waals surface area (Å²) in [6, 6.07) is 5.75. The number of rotatable bonds is 1. The lowest BCUT2D eigenvalue weighted by Gasteiger charge is -1.92. The Kier molecular flexibility index (Phi) is 7.31. The van der Waals surface area contributed by atoms with Gasteiger partial charge in [0.1, 0.15) is 5.82 Å². The van der Waals surface area contributed by atoms with E-state index in [2.05, 4.69) is 10.3 Å². The normalized spacial score (nSPS) is 7.91. The Hall–Kier alpha value is -0.470. The maximum absolute atomic E-state index is 4.76. The zero-order chi connectivity index (χ0) is 8.53. The minimum absolute atomic E-state index is 0.194. The number of nitrogens with one attached hydrogen (secondary N) is 1. The van der Waals surface area contributed by atoms with E-state index in [1.165, 1.54) is 0 Å². The van der Waals surface area contributed by atoms with Crippen molar-refractivity contribution in [2.45, 2.75) is 0 Å². The van der Waals surface area contributed by atoms with E-state index in [1.807, 2.05) is 25.2 Å². The summed E-state index contributed by atoms with van der Waals surface area (Å²) in [7, 11) is 1.85. The summed E-state index contributed by atoms with van der Waals surface area (Å²) < 4.78 is 0. The third-order valence-electron chi connectivity index (χ3n) is 0.921. The Morgan fingerprint density at radius 3 is 2.36 bits per heavy atom. The van der Waals surface area contributed by atoms with Gasteiger partial charge >= 0.3 is 0 Å². The standard InChI is InChI=1S/C6H8N2.CH2Cl2/c1-7-6-4-2-3-5-8-6;2-1-3/h2-5H,1H3,(H,7,8);1H2. The van der Waals surface area contributed by atoms with E-state index in [1.54, 1.807) is 6.20 Å². The molecule has 11 heavy (non-hydrogen) atoms. The van der Waals surface area contributed by atoms with E-state index in [-0.39, 0.29) is 5.34 Å². The van der Waals surface area contributed by atoms with Crippen molar-refractivity contribution < 1.29 is 0 Å². The Morgan fingerprint density at radius 1 is 1.45 bits per heavy atom. The number of alkyl halides is 2. The van der Waals surface area contributed by atoms with Gasteiger partial charge in [0.05, 0.1) is 5.34 Å². The molecule has 62 valence electrons. The van der Waals surface area contributed by atoms with Crippen LogP contribution in [0.1, 0.15) is 0 Å². The van der Waals surface area contributed by atoms with Gasteiger partial charge in [0.15, 0.2) is 0 Å². The zero-order valence-corrected chi connectivity index (χ0v) is 7.73. The van der Waals surface area contributed by atoms with Crippen molar-refractivity contribution in [3.63, 3.8) is 0 Å². The van der Waals surface area contributed by atoms with Crippen LogP contribution in [0.5, 0.6) is 0 Å². The molecule has 2 nitrogen and oxygen atoms in total. The first-order chi connectivity index (χ1) is 5.35. The highest BCUT2D eigenvalue weighted by Gasteiger charge is 1.79. The van der Waals surface area contributed by atoms with Gasteiger partial charge in [-0.05, 0) is 12.1 Å². The minimum atomic E-state index is 0.194. The first-order valence-corrected chi connectivity index (χ1v) is 4.12. The highest BCUT2D eigenvalue weighted by molar-refractivity contribution is 6.40. The predicted octanol–water partition coefficient (Wildman–Crippen LogP) is 2.54. The molecule has 0 atom stereocenters. The number of hydrogen-bond acceptors (Lipinski definition) is 2. The minimum Gasteiger partial charge on any atom is -0.373 e. The average Bonchev–Trinajstić information content (AvgIpc) is 2.08. The molecular formula is C7H10Cl2N2. The van der Waals surface area contributed by atoms with Crippen molar-refractivity contribution in [2.24, 2.45) is 0 Å². The van der Waals surface area contributed by atoms with Crippen molar-refractivity contribution in [1.82, 2.24) is 4.98 Å². The summed E-state index contributed by atoms with van der Waals surface area (Å²) in [5.74, 6) is 0.910. The third-order valence-corrected chi connectivity index (χ3v) is 0.921. The van der Waals surface area contributed by atoms with E-state index in [0.29, 0.717) is 0 Å². The van der Waals surface area contributed by atoms with E-state index < -0.39 is 0 Å². The predicted molar refractivity (Wildman–Crippen MR) is 50.4 cm³/mol. The molecule has 0 aromatic carbocycles. The van der Waals surface area contributed by atoms with Gasteiger partial charge in [0, 0.05) is 13.2 Å². The number of anilines is 1. The fourth-order valence-corrected chi connectivity index (χ4v) is 0.511. The Bertz CT molecular complexity index is 167. The van der Waals surface area contributed by atoms with E-state index in [9.17, 15) is 0 Å². The van der Waals surface area contributed by atoms with Crippen LogP contribution in [0, 0.1) is 0 Å². The monoisotopic (exact) mass is 192 g/mol. The molecule has 0 aliphatic rings. The van der Waals surface area contributed by atoms with Gasteiger partial charge in [0.2, 0.25) is 0 Å². The van der Waals surface area contributed by atoms with E-state index >= 15 is 0 Å². The van der Waals surface area contributed by atoms with Crippen molar-refractivity contribution in [1.29, 1.82) is 0 Å². The Morgan fingerprint density at radius 2 is 2.09 bits per heavy atom. The van der Waals surface area contributed by atoms with Gasteiger partial charge in [-0.2, -0.15) is 0 Å². The average molecular weight is 193 g/mol. The van der Waals surface area contributed by atoms with Gasteiger partial charge in [-0.3, -0.25) is 0 Å². The van der Waals surface area contributed by atoms with Crippen LogP contribution in [-0.2, 0) is 0 Å². The van der Waals surface area contributed by atoms with Gasteiger partial charge in [-0.15, -0.1) is 23.2 Å². The van der Waals surface area contributed by atoms with Crippen molar-refractivity contribution >= 4 is 29.0 Å². The first kappa shape index (κ1) is 10.5. The fourth-order valence-electron chi connectivity index (χ4n) is 0.511. The summed E-state index contributed by atoms with van der Waals surface area (Å²) in [4.78, 5) is 3.99. The Labute approximate surface area is 76.5 Å². The topological polar surface area (TPSA) is 24.9 Å². The van der Waals surface area contributed by atoms with Gasteiger partial charge in [-0.1, -0.05) is 6.07 Å². The molecule has 1 rings (SSSR count). The molecule has 1 N–H and O–H groups in total. The first-order valence-electron chi connectivity index (χ1n) is 3.06. The molecule has 0 radical (unpaired) electrons. The van der Waals surface area contributed by atoms with E-state index in [0.717, 1.165) is 5.82 Å². The van der Waals surface area contributed by atoms with Gasteiger partial charge < -0.3 is 5.32 Å². The maximum Gasteiger partial charge on any atom is 0.125 e. The summed E-state index contributed by atoms with van der Waals surface area (Å²) in [6.45, 7) is 0. The molecule has 0 fully saturated rings. The smallest absolute Gasteiger partial charge is 0.125 e. The van der Waals surface area contributed by atoms with Crippen LogP contribution in [0.4, 0.5) is 5.82 Å². The second-order valence-corrected chi connectivity index (χ2v) is 2.37. The second-order valence-electron chi connectivity index (χ2n) is 1.57. The SMILES string of the molecule is CNc1ccccn1.ClCCl. The molecule has 0 amide bonds. The molecule has 0 bridgehead atoms. The molecule has 0 saturated carbocycles. The second kappa shape index (κ2) is 7.63. The third kappa shape index (κ3) is 5.95. The number of hydrogen-bond donors (Lipinski definition) is 1. The molecule has 0 spiro atoms. The zero-order valence-electron chi connectivity index (χ0n) is 6.22. The van der Waals surface area contributed by atoms with Crippen LogP contribution in [-0.4, -0.2) is 17.4 Å². The van der Waals surface area contributed by atoms with Gasteiger partial charge in [0.25, 0.3) is 0 Å². The molecule has 0 aliphatic carbocycles. The summed E-state index contributed by atoms with van der Waals surface area (Å²) in [5.41, 5.74) is 0. The lowest BCUT2D eigenvalue weighted by Crippen LogP contribution is -1.88. The van der Waals surface area contributed by atoms with Crippen molar-refractivity contribution in [3.05, 3.63) is 24.4 Å². The number of pyridine rings is 1. The largest absolute Gasteiger partial charge is 0.373 e. The van der Waals surface area contributed by atoms with Gasteiger partial charge in [-0.25, -0.2) is 4.98 Å². The number of halogens is 2. The molecule has 0 unspecified atom stereocenters. The molecule has 1 heterocycles. The molecule has 0 aliphatic heterocycles. The van der Waals surface area contributed by atoms with Crippen LogP contribution in [0.2, 0.25) is 0 Å². The fraction of sp³-hybridized carbons (Fsp3) is 0.286. The van der Waals surface area contributed by atoms with Crippen LogP contribution in [0.15, 0.2) is 24.4 Å². The summed E-state index contributed by atoms with van der Waals surface area (Å²) in [5, 5.41) is 3.11. The highest BCUT2D eigenvalue weighted by Crippen LogP contribution is 1.95. The molecule has 4 heteroatoms. The molecule has 1 aromatic rings. The number of aromatic nitrogens is 1. The van der Waals surface area contributed by atoms with Crippen molar-refractivity contribution in [3.8, 4) is 0 Å². The molecular weight excluding hydrogens is 183 g/mol. The van der Waals surface area contributed by atoms with Crippen LogP contribution < -0.4 is 5.32 Å². The molecule has 0 saturated heterocycles. The van der Waals surface area contributed by atoms with Crippen LogP contribution in [0.25, 0.3) is 0 Å².